The smallest absolute Gasteiger partial charge is 0.221 e. The molecular formula is C15H21N3O3. The van der Waals surface area contributed by atoms with E-state index in [1.165, 1.54) is 7.11 Å². The van der Waals surface area contributed by atoms with Crippen molar-refractivity contribution < 1.29 is 14.7 Å². The highest BCUT2D eigenvalue weighted by Gasteiger charge is 2.23. The Balaban J connectivity index is 1.72. The zero-order chi connectivity index (χ0) is 15.1. The predicted molar refractivity (Wildman–Crippen MR) is 79.9 cm³/mol. The third-order valence-electron chi connectivity index (χ3n) is 3.41. The first-order chi connectivity index (χ1) is 10.2. The molecule has 0 spiro atoms. The molecule has 0 unspecified atom stereocenters. The molecule has 114 valence electrons. The van der Waals surface area contributed by atoms with Crippen LogP contribution in [-0.4, -0.2) is 43.0 Å². The second kappa shape index (κ2) is 7.75. The monoisotopic (exact) mass is 291 g/mol. The van der Waals surface area contributed by atoms with E-state index in [1.807, 2.05) is 30.3 Å². The van der Waals surface area contributed by atoms with Gasteiger partial charge in [-0.15, -0.1) is 0 Å². The van der Waals surface area contributed by atoms with Crippen LogP contribution in [0.2, 0.25) is 0 Å². The SMILES string of the molecule is CON=C1CN[C@H](CC(=O)NC[C@@H](O)c2ccccc2)C1. The van der Waals surface area contributed by atoms with Gasteiger partial charge in [-0.1, -0.05) is 35.5 Å². The minimum atomic E-state index is -0.683. The second-order valence-electron chi connectivity index (χ2n) is 5.06. The molecule has 6 nitrogen and oxygen atoms in total. The van der Waals surface area contributed by atoms with Crippen molar-refractivity contribution in [3.05, 3.63) is 35.9 Å². The topological polar surface area (TPSA) is 83.0 Å². The largest absolute Gasteiger partial charge is 0.399 e. The third kappa shape index (κ3) is 4.84. The summed E-state index contributed by atoms with van der Waals surface area (Å²) < 4.78 is 0. The van der Waals surface area contributed by atoms with Crippen molar-refractivity contribution in [2.24, 2.45) is 5.16 Å². The summed E-state index contributed by atoms with van der Waals surface area (Å²) in [4.78, 5) is 16.6. The number of benzene rings is 1. The second-order valence-corrected chi connectivity index (χ2v) is 5.06. The lowest BCUT2D eigenvalue weighted by Gasteiger charge is -2.14. The summed E-state index contributed by atoms with van der Waals surface area (Å²) in [6.07, 6.45) is 0.393. The molecule has 2 atom stereocenters. The number of aliphatic hydroxyl groups is 1. The van der Waals surface area contributed by atoms with Crippen LogP contribution in [0, 0.1) is 0 Å². The Morgan fingerprint density at radius 3 is 3.00 bits per heavy atom. The van der Waals surface area contributed by atoms with Crippen molar-refractivity contribution in [3.8, 4) is 0 Å². The minimum absolute atomic E-state index is 0.0766. The van der Waals surface area contributed by atoms with Crippen LogP contribution in [0.25, 0.3) is 0 Å². The normalized spacial score (nSPS) is 21.2. The number of oxime groups is 1. The van der Waals surface area contributed by atoms with Gasteiger partial charge >= 0.3 is 0 Å². The molecule has 1 aliphatic rings. The molecular weight excluding hydrogens is 270 g/mol. The van der Waals surface area contributed by atoms with E-state index >= 15 is 0 Å². The van der Waals surface area contributed by atoms with Crippen LogP contribution in [0.5, 0.6) is 0 Å². The van der Waals surface area contributed by atoms with Crippen LogP contribution in [0.4, 0.5) is 0 Å². The molecule has 0 radical (unpaired) electrons. The van der Waals surface area contributed by atoms with Crippen LogP contribution >= 0.6 is 0 Å². The number of amides is 1. The van der Waals surface area contributed by atoms with Gasteiger partial charge < -0.3 is 20.6 Å². The first-order valence-electron chi connectivity index (χ1n) is 7.01. The average Bonchev–Trinajstić information content (AvgIpc) is 2.93. The van der Waals surface area contributed by atoms with Gasteiger partial charge in [0, 0.05) is 32.0 Å². The molecule has 1 amide bonds. The van der Waals surface area contributed by atoms with Gasteiger partial charge in [0.25, 0.3) is 0 Å². The number of rotatable bonds is 6. The summed E-state index contributed by atoms with van der Waals surface area (Å²) in [5, 5.41) is 19.8. The maximum absolute atomic E-state index is 11.9. The molecule has 2 rings (SSSR count). The molecule has 0 saturated carbocycles. The van der Waals surface area contributed by atoms with Crippen LogP contribution in [0.3, 0.4) is 0 Å². The van der Waals surface area contributed by atoms with Crippen molar-refractivity contribution >= 4 is 11.6 Å². The Morgan fingerprint density at radius 1 is 1.52 bits per heavy atom. The lowest BCUT2D eigenvalue weighted by Crippen LogP contribution is -2.34. The maximum Gasteiger partial charge on any atom is 0.221 e. The fourth-order valence-electron chi connectivity index (χ4n) is 2.33. The summed E-state index contributed by atoms with van der Waals surface area (Å²) in [5.41, 5.74) is 1.71. The van der Waals surface area contributed by atoms with Crippen LogP contribution < -0.4 is 10.6 Å². The Kier molecular flexibility index (Phi) is 5.71. The molecule has 1 fully saturated rings. The van der Waals surface area contributed by atoms with Crippen molar-refractivity contribution in [3.63, 3.8) is 0 Å². The maximum atomic E-state index is 11.9. The summed E-state index contributed by atoms with van der Waals surface area (Å²) in [6, 6.07) is 9.36. The number of hydrogen-bond acceptors (Lipinski definition) is 5. The molecule has 1 heterocycles. The van der Waals surface area contributed by atoms with Gasteiger partial charge in [-0.3, -0.25) is 4.79 Å². The van der Waals surface area contributed by atoms with E-state index < -0.39 is 6.10 Å². The summed E-state index contributed by atoms with van der Waals surface area (Å²) >= 11 is 0. The quantitative estimate of drug-likeness (QED) is 0.670. The fourth-order valence-corrected chi connectivity index (χ4v) is 2.33. The lowest BCUT2D eigenvalue weighted by molar-refractivity contribution is -0.122. The van der Waals surface area contributed by atoms with Crippen LogP contribution in [-0.2, 0) is 9.63 Å². The molecule has 1 aromatic carbocycles. The number of nitrogens with zero attached hydrogens (tertiary/aromatic N) is 1. The number of carbonyl (C=O) groups excluding carboxylic acids is 1. The van der Waals surface area contributed by atoms with E-state index in [9.17, 15) is 9.90 Å². The van der Waals surface area contributed by atoms with Crippen molar-refractivity contribution in [2.75, 3.05) is 20.2 Å². The predicted octanol–water partition coefficient (Wildman–Crippen LogP) is 0.591. The lowest BCUT2D eigenvalue weighted by atomic mass is 10.1. The van der Waals surface area contributed by atoms with Gasteiger partial charge in [0.05, 0.1) is 11.8 Å². The molecule has 0 aliphatic carbocycles. The first kappa shape index (κ1) is 15.5. The number of aliphatic hydroxyl groups excluding tert-OH is 1. The van der Waals surface area contributed by atoms with Gasteiger partial charge in [0.2, 0.25) is 5.91 Å². The highest BCUT2D eigenvalue weighted by molar-refractivity contribution is 5.89. The molecule has 6 heteroatoms. The average molecular weight is 291 g/mol. The van der Waals surface area contributed by atoms with E-state index in [4.69, 9.17) is 4.84 Å². The molecule has 0 aromatic heterocycles. The fraction of sp³-hybridized carbons (Fsp3) is 0.467. The van der Waals surface area contributed by atoms with Gasteiger partial charge in [0.1, 0.15) is 7.11 Å². The van der Waals surface area contributed by atoms with E-state index in [2.05, 4.69) is 15.8 Å². The van der Waals surface area contributed by atoms with Gasteiger partial charge in [-0.2, -0.15) is 0 Å². The van der Waals surface area contributed by atoms with Crippen molar-refractivity contribution in [2.45, 2.75) is 25.0 Å². The van der Waals surface area contributed by atoms with Gasteiger partial charge in [-0.25, -0.2) is 0 Å². The van der Waals surface area contributed by atoms with Gasteiger partial charge in [0.15, 0.2) is 0 Å². The highest BCUT2D eigenvalue weighted by Crippen LogP contribution is 2.11. The molecule has 1 aliphatic heterocycles. The molecule has 21 heavy (non-hydrogen) atoms. The number of hydrogen-bond donors (Lipinski definition) is 3. The summed E-state index contributed by atoms with van der Waals surface area (Å²) in [6.45, 7) is 0.868. The number of nitrogens with one attached hydrogen (secondary N) is 2. The molecule has 1 saturated heterocycles. The highest BCUT2D eigenvalue weighted by atomic mass is 16.6. The third-order valence-corrected chi connectivity index (χ3v) is 3.41. The Bertz CT molecular complexity index is 490. The van der Waals surface area contributed by atoms with E-state index in [-0.39, 0.29) is 18.5 Å². The van der Waals surface area contributed by atoms with E-state index in [1.54, 1.807) is 0 Å². The van der Waals surface area contributed by atoms with Crippen molar-refractivity contribution in [1.29, 1.82) is 0 Å². The molecule has 0 bridgehead atoms. The first-order valence-corrected chi connectivity index (χ1v) is 7.01. The van der Waals surface area contributed by atoms with E-state index in [0.29, 0.717) is 19.4 Å². The Labute approximate surface area is 124 Å². The van der Waals surface area contributed by atoms with E-state index in [0.717, 1.165) is 11.3 Å². The van der Waals surface area contributed by atoms with Crippen LogP contribution in [0.15, 0.2) is 35.5 Å². The Hall–Kier alpha value is -1.92. The molecule has 3 N–H and O–H groups in total. The van der Waals surface area contributed by atoms with Crippen LogP contribution in [0.1, 0.15) is 24.5 Å². The zero-order valence-electron chi connectivity index (χ0n) is 12.1. The Morgan fingerprint density at radius 2 is 2.29 bits per heavy atom. The summed E-state index contributed by atoms with van der Waals surface area (Å²) in [5.74, 6) is -0.0823. The standard InChI is InChI=1S/C15H21N3O3/c1-21-18-13-7-12(16-9-13)8-15(20)17-10-14(19)11-5-3-2-4-6-11/h2-6,12,14,16,19H,7-10H2,1H3,(H,17,20)/t12-,14+/m0/s1. The summed E-state index contributed by atoms with van der Waals surface area (Å²) in [7, 11) is 1.51. The minimum Gasteiger partial charge on any atom is -0.399 e. The number of carbonyl (C=O) groups is 1. The van der Waals surface area contributed by atoms with Crippen molar-refractivity contribution in [1.82, 2.24) is 10.6 Å². The zero-order valence-corrected chi connectivity index (χ0v) is 12.1. The molecule has 1 aromatic rings. The van der Waals surface area contributed by atoms with Gasteiger partial charge in [-0.05, 0) is 5.56 Å².